The van der Waals surface area contributed by atoms with E-state index in [1.54, 1.807) is 25.6 Å². The summed E-state index contributed by atoms with van der Waals surface area (Å²) in [4.78, 5) is 13.0. The molecule has 41 heavy (non-hydrogen) atoms. The Morgan fingerprint density at radius 1 is 0.805 bits per heavy atom. The predicted octanol–water partition coefficient (Wildman–Crippen LogP) is 8.11. The molecule has 1 unspecified atom stereocenters. The third-order valence-corrected chi connectivity index (χ3v) is 9.31. The number of methoxy groups -OCH3 is 2. The molecule has 1 atom stereocenters. The monoisotopic (exact) mass is 556 g/mol. The number of ether oxygens (including phenoxy) is 4. The van der Waals surface area contributed by atoms with Gasteiger partial charge in [0.15, 0.2) is 5.60 Å². The van der Waals surface area contributed by atoms with Gasteiger partial charge in [-0.3, -0.25) is 0 Å². The molecule has 5 nitrogen and oxygen atoms in total. The van der Waals surface area contributed by atoms with Crippen LogP contribution in [0.3, 0.4) is 0 Å². The van der Waals surface area contributed by atoms with Crippen molar-refractivity contribution in [3.63, 3.8) is 0 Å². The minimum atomic E-state index is -1.06. The number of carbonyl (C=O) groups excluding carboxylic acids is 1. The Balaban J connectivity index is 1.48. The molecule has 3 heterocycles. The van der Waals surface area contributed by atoms with Crippen molar-refractivity contribution in [2.24, 2.45) is 0 Å². The number of esters is 1. The molecule has 0 aliphatic carbocycles. The molecule has 6 aromatic rings. The molecule has 1 aromatic heterocycles. The van der Waals surface area contributed by atoms with Crippen molar-refractivity contribution >= 4 is 53.8 Å². The first-order valence-corrected chi connectivity index (χ1v) is 14.2. The molecule has 0 bridgehead atoms. The predicted molar refractivity (Wildman–Crippen MR) is 162 cm³/mol. The number of thiophene rings is 1. The average molecular weight is 557 g/mol. The molecular formula is C35H24O5S. The Morgan fingerprint density at radius 3 is 2.51 bits per heavy atom. The van der Waals surface area contributed by atoms with E-state index in [0.29, 0.717) is 22.8 Å². The van der Waals surface area contributed by atoms with E-state index in [0.717, 1.165) is 33.0 Å². The second-order valence-electron chi connectivity index (χ2n) is 10.3. The fraction of sp³-hybridized carbons (Fsp3) is 0.114. The van der Waals surface area contributed by atoms with Crippen molar-refractivity contribution in [1.29, 1.82) is 0 Å². The number of rotatable bonds is 4. The first-order valence-electron chi connectivity index (χ1n) is 13.4. The number of para-hydroxylation sites is 1. The smallest absolute Gasteiger partial charge is 0.339 e. The summed E-state index contributed by atoms with van der Waals surface area (Å²) in [6.07, 6.45) is 2.10. The molecule has 0 fully saturated rings. The molecule has 2 aliphatic heterocycles. The first kappa shape index (κ1) is 24.0. The fourth-order valence-corrected chi connectivity index (χ4v) is 7.32. The summed E-state index contributed by atoms with van der Waals surface area (Å²) in [5, 5.41) is 4.11. The fourth-order valence-electron chi connectivity index (χ4n) is 6.24. The second kappa shape index (κ2) is 8.85. The first-order chi connectivity index (χ1) is 20.1. The summed E-state index contributed by atoms with van der Waals surface area (Å²) in [6, 6.07) is 30.6. The molecule has 0 radical (unpaired) electrons. The van der Waals surface area contributed by atoms with E-state index in [2.05, 4.69) is 48.5 Å². The number of hydrogen-bond acceptors (Lipinski definition) is 6. The van der Waals surface area contributed by atoms with Crippen molar-refractivity contribution in [2.75, 3.05) is 20.8 Å². The highest BCUT2D eigenvalue weighted by Gasteiger charge is 2.44. The molecule has 8 rings (SSSR count). The average Bonchev–Trinajstić information content (AvgIpc) is 3.40. The summed E-state index contributed by atoms with van der Waals surface area (Å²) in [5.74, 6) is 1.69. The normalized spacial score (nSPS) is 17.6. The van der Waals surface area contributed by atoms with Gasteiger partial charge in [-0.05, 0) is 53.9 Å². The Labute approximate surface area is 240 Å². The van der Waals surface area contributed by atoms with Crippen molar-refractivity contribution in [2.45, 2.75) is 5.60 Å². The Morgan fingerprint density at radius 2 is 1.63 bits per heavy atom. The van der Waals surface area contributed by atoms with Gasteiger partial charge in [0, 0.05) is 47.8 Å². The topological polar surface area (TPSA) is 54.0 Å². The van der Waals surface area contributed by atoms with E-state index in [1.165, 1.54) is 20.2 Å². The zero-order valence-electron chi connectivity index (χ0n) is 22.4. The molecule has 0 amide bonds. The Hall–Kier alpha value is -4.81. The van der Waals surface area contributed by atoms with Crippen LogP contribution in [0.25, 0.3) is 36.5 Å². The quantitative estimate of drug-likeness (QED) is 0.205. The maximum atomic E-state index is 13.0. The Bertz CT molecular complexity index is 2090. The van der Waals surface area contributed by atoms with Gasteiger partial charge in [-0.1, -0.05) is 48.5 Å². The van der Waals surface area contributed by atoms with Crippen LogP contribution in [-0.4, -0.2) is 26.8 Å². The van der Waals surface area contributed by atoms with Gasteiger partial charge in [-0.2, -0.15) is 0 Å². The van der Waals surface area contributed by atoms with Crippen LogP contribution in [0.5, 0.6) is 17.2 Å². The molecule has 6 heteroatoms. The molecule has 0 saturated heterocycles. The van der Waals surface area contributed by atoms with E-state index < -0.39 is 5.60 Å². The lowest BCUT2D eigenvalue weighted by atomic mass is 9.78. The summed E-state index contributed by atoms with van der Waals surface area (Å²) >= 11 is 1.78. The highest BCUT2D eigenvalue weighted by molar-refractivity contribution is 7.25. The van der Waals surface area contributed by atoms with Crippen molar-refractivity contribution in [3.05, 3.63) is 119 Å². The van der Waals surface area contributed by atoms with Gasteiger partial charge in [0.1, 0.15) is 23.9 Å². The zero-order valence-corrected chi connectivity index (χ0v) is 23.2. The molecular weight excluding hydrogens is 532 g/mol. The lowest BCUT2D eigenvalue weighted by Gasteiger charge is -2.40. The third kappa shape index (κ3) is 3.44. The van der Waals surface area contributed by atoms with Gasteiger partial charge in [0.2, 0.25) is 0 Å². The second-order valence-corrected chi connectivity index (χ2v) is 11.4. The SMILES string of the molecule is COc1ccc2cc3c4c(c2c1)OC(c1ccc2sc5ccccc5c2c1)(c1ccccc1OC)C=C4COC3=O. The lowest BCUT2D eigenvalue weighted by Crippen LogP contribution is -2.37. The zero-order chi connectivity index (χ0) is 27.7. The van der Waals surface area contributed by atoms with E-state index in [4.69, 9.17) is 18.9 Å². The molecule has 0 N–H and O–H groups in total. The van der Waals surface area contributed by atoms with E-state index >= 15 is 0 Å². The number of fused-ring (bicyclic) bond motifs is 5. The highest BCUT2D eigenvalue weighted by Crippen LogP contribution is 2.53. The number of hydrogen-bond donors (Lipinski definition) is 0. The summed E-state index contributed by atoms with van der Waals surface area (Å²) < 4.78 is 26.9. The van der Waals surface area contributed by atoms with Crippen LogP contribution in [-0.2, 0) is 10.3 Å². The molecule has 200 valence electrons. The summed E-state index contributed by atoms with van der Waals surface area (Å²) in [7, 11) is 3.32. The Kier molecular flexibility index (Phi) is 5.18. The maximum absolute atomic E-state index is 13.0. The molecule has 0 spiro atoms. The third-order valence-electron chi connectivity index (χ3n) is 8.15. The van der Waals surface area contributed by atoms with Gasteiger partial charge < -0.3 is 18.9 Å². The van der Waals surface area contributed by atoms with Crippen LogP contribution in [0.1, 0.15) is 27.0 Å². The molecule has 0 saturated carbocycles. The largest absolute Gasteiger partial charge is 0.497 e. The van der Waals surface area contributed by atoms with Gasteiger partial charge in [0.25, 0.3) is 0 Å². The van der Waals surface area contributed by atoms with Crippen molar-refractivity contribution in [1.82, 2.24) is 0 Å². The van der Waals surface area contributed by atoms with Crippen LogP contribution < -0.4 is 14.2 Å². The van der Waals surface area contributed by atoms with Gasteiger partial charge in [0.05, 0.1) is 19.8 Å². The van der Waals surface area contributed by atoms with Gasteiger partial charge in [-0.25, -0.2) is 4.79 Å². The number of carbonyl (C=O) groups is 1. The van der Waals surface area contributed by atoms with Gasteiger partial charge >= 0.3 is 5.97 Å². The van der Waals surface area contributed by atoms with E-state index in [1.807, 2.05) is 48.5 Å². The number of cyclic esters (lactones) is 1. The van der Waals surface area contributed by atoms with Crippen molar-refractivity contribution in [3.8, 4) is 17.2 Å². The summed E-state index contributed by atoms with van der Waals surface area (Å²) in [5.41, 5.74) is 2.92. The molecule has 5 aromatic carbocycles. The minimum Gasteiger partial charge on any atom is -0.497 e. The van der Waals surface area contributed by atoms with Crippen LogP contribution in [0.4, 0.5) is 0 Å². The van der Waals surface area contributed by atoms with E-state index in [-0.39, 0.29) is 12.6 Å². The minimum absolute atomic E-state index is 0.151. The maximum Gasteiger partial charge on any atom is 0.339 e. The van der Waals surface area contributed by atoms with Crippen LogP contribution in [0, 0.1) is 0 Å². The molecule has 2 aliphatic rings. The van der Waals surface area contributed by atoms with Crippen LogP contribution in [0.2, 0.25) is 0 Å². The van der Waals surface area contributed by atoms with E-state index in [9.17, 15) is 4.79 Å². The summed E-state index contributed by atoms with van der Waals surface area (Å²) in [6.45, 7) is 0.151. The van der Waals surface area contributed by atoms with Crippen LogP contribution in [0.15, 0.2) is 97.1 Å². The standard InChI is InChI=1S/C35H24O5S/c1-37-23-13-11-20-15-27-32-21(19-39-34(27)36)18-35(40-33(32)25(20)17-23,28-8-4-5-9-29(28)38-2)22-12-14-31-26(16-22)24-7-3-6-10-30(24)41-31/h3-18H,19H2,1-2H3. The van der Waals surface area contributed by atoms with Crippen molar-refractivity contribution < 1.29 is 23.7 Å². The van der Waals surface area contributed by atoms with Gasteiger partial charge in [-0.15, -0.1) is 11.3 Å². The highest BCUT2D eigenvalue weighted by atomic mass is 32.1. The number of benzene rings is 5. The van der Waals surface area contributed by atoms with Crippen LogP contribution >= 0.6 is 11.3 Å². The lowest BCUT2D eigenvalue weighted by molar-refractivity contribution is 0.0534.